The molecule has 0 saturated heterocycles. The van der Waals surface area contributed by atoms with E-state index in [1.807, 2.05) is 24.3 Å². The van der Waals surface area contributed by atoms with Gasteiger partial charge >= 0.3 is 5.97 Å². The number of fused-ring (bicyclic) bond motifs is 1. The normalized spacial score (nSPS) is 15.2. The van der Waals surface area contributed by atoms with Crippen LogP contribution in [-0.4, -0.2) is 31.3 Å². The van der Waals surface area contributed by atoms with E-state index in [1.54, 1.807) is 31.9 Å². The molecule has 0 aromatic heterocycles. The Hall–Kier alpha value is -2.18. The van der Waals surface area contributed by atoms with Crippen LogP contribution in [0.15, 0.2) is 36.4 Å². The van der Waals surface area contributed by atoms with Gasteiger partial charge in [-0.3, -0.25) is 9.59 Å². The molecule has 1 heterocycles. The summed E-state index contributed by atoms with van der Waals surface area (Å²) in [6, 6.07) is 11.7. The van der Waals surface area contributed by atoms with Gasteiger partial charge in [-0.25, -0.2) is 0 Å². The Balaban J connectivity index is 0.000000438. The smallest absolute Gasteiger partial charge is 0.302 e. The Morgan fingerprint density at radius 1 is 1.24 bits per heavy atom. The second-order valence-corrected chi connectivity index (χ2v) is 7.81. The molecule has 29 heavy (non-hydrogen) atoms. The van der Waals surface area contributed by atoms with E-state index in [-0.39, 0.29) is 17.1 Å². The minimum Gasteiger partial charge on any atom is -0.496 e. The summed E-state index contributed by atoms with van der Waals surface area (Å²) < 4.78 is 9.92. The first kappa shape index (κ1) is 23.1. The maximum atomic E-state index is 12.0. The van der Waals surface area contributed by atoms with Gasteiger partial charge in [0.15, 0.2) is 0 Å². The topological polar surface area (TPSA) is 64.6 Å². The zero-order chi connectivity index (χ0) is 21.4. The lowest BCUT2D eigenvalue weighted by Gasteiger charge is -2.21. The summed E-state index contributed by atoms with van der Waals surface area (Å²) in [4.78, 5) is 21.8. The number of hydrogen-bond donors (Lipinski definition) is 1. The Bertz CT molecular complexity index is 872. The van der Waals surface area contributed by atoms with Crippen LogP contribution in [0.25, 0.3) is 0 Å². The average Bonchev–Trinajstić information content (AvgIpc) is 2.85. The zero-order valence-electron chi connectivity index (χ0n) is 17.1. The van der Waals surface area contributed by atoms with Crippen LogP contribution >= 0.6 is 23.4 Å². The fraction of sp³-hybridized carbons (Fsp3) is 0.364. The molecule has 0 fully saturated rings. The fourth-order valence-corrected chi connectivity index (χ4v) is 4.50. The highest BCUT2D eigenvalue weighted by Crippen LogP contribution is 2.45. The maximum absolute atomic E-state index is 12.0. The van der Waals surface area contributed by atoms with Crippen molar-refractivity contribution < 1.29 is 19.1 Å². The van der Waals surface area contributed by atoms with Crippen LogP contribution in [0.2, 0.25) is 5.02 Å². The molecule has 0 saturated carbocycles. The maximum Gasteiger partial charge on any atom is 0.302 e. The van der Waals surface area contributed by atoms with E-state index in [9.17, 15) is 9.59 Å². The van der Waals surface area contributed by atoms with E-state index in [1.165, 1.54) is 18.1 Å². The number of hydrogen-bond acceptors (Lipinski definition) is 5. The van der Waals surface area contributed by atoms with E-state index >= 15 is 0 Å². The fourth-order valence-electron chi connectivity index (χ4n) is 3.16. The molecule has 2 aromatic carbocycles. The van der Waals surface area contributed by atoms with Gasteiger partial charge in [-0.15, -0.1) is 11.8 Å². The number of carbonyl (C=O) groups excluding carboxylic acids is 2. The monoisotopic (exact) mass is 435 g/mol. The number of esters is 1. The van der Waals surface area contributed by atoms with Crippen LogP contribution in [0, 0.1) is 0 Å². The summed E-state index contributed by atoms with van der Waals surface area (Å²) in [5, 5.41) is 3.69. The van der Waals surface area contributed by atoms with Crippen molar-refractivity contribution in [2.24, 2.45) is 0 Å². The summed E-state index contributed by atoms with van der Waals surface area (Å²) in [6.07, 6.45) is 0.869. The van der Waals surface area contributed by atoms with E-state index < -0.39 is 0 Å². The summed E-state index contributed by atoms with van der Waals surface area (Å²) in [5.74, 6) is 1.11. The number of anilines is 1. The second kappa shape index (κ2) is 11.1. The van der Waals surface area contributed by atoms with Crippen LogP contribution < -0.4 is 10.1 Å². The van der Waals surface area contributed by atoms with Crippen LogP contribution in [0.3, 0.4) is 0 Å². The highest BCUT2D eigenvalue weighted by molar-refractivity contribution is 8.00. The number of benzene rings is 2. The van der Waals surface area contributed by atoms with E-state index in [2.05, 4.69) is 23.0 Å². The standard InChI is InChI=1S/C18H18ClNO2S.C4H8O2/c1-3-12-13(5-4-6-16(12)22-2)18-14-9-11(19)7-8-15(14)20-17(21)10-23-18;1-3-6-4(2)5/h4-9,18H,3,10H2,1-2H3,(H,20,21);3H2,1-2H3/t18-;/m1./s1. The molecule has 1 aliphatic heterocycles. The van der Waals surface area contributed by atoms with Gasteiger partial charge in [-0.2, -0.15) is 0 Å². The Labute approximate surface area is 181 Å². The molecule has 0 bridgehead atoms. The summed E-state index contributed by atoms with van der Waals surface area (Å²) >= 11 is 7.82. The SMILES string of the molecule is CCOC(C)=O.CCc1c(OC)cccc1[C@H]1SCC(=O)Nc2ccc(Cl)cc21. The molecule has 0 unspecified atom stereocenters. The summed E-state index contributed by atoms with van der Waals surface area (Å²) in [6.45, 7) is 5.77. The lowest BCUT2D eigenvalue weighted by molar-refractivity contribution is -0.140. The lowest BCUT2D eigenvalue weighted by Crippen LogP contribution is -2.12. The Kier molecular flexibility index (Phi) is 8.86. The van der Waals surface area contributed by atoms with Gasteiger partial charge in [0.05, 0.1) is 24.7 Å². The van der Waals surface area contributed by atoms with Crippen molar-refractivity contribution in [3.63, 3.8) is 0 Å². The van der Waals surface area contributed by atoms with Crippen LogP contribution in [0.5, 0.6) is 5.75 Å². The average molecular weight is 436 g/mol. The molecule has 1 N–H and O–H groups in total. The summed E-state index contributed by atoms with van der Waals surface area (Å²) in [5.41, 5.74) is 4.22. The first-order valence-electron chi connectivity index (χ1n) is 9.41. The van der Waals surface area contributed by atoms with Crippen molar-refractivity contribution in [3.8, 4) is 5.75 Å². The van der Waals surface area contributed by atoms with E-state index in [0.717, 1.165) is 23.4 Å². The van der Waals surface area contributed by atoms with Gasteiger partial charge < -0.3 is 14.8 Å². The van der Waals surface area contributed by atoms with Crippen molar-refractivity contribution in [1.82, 2.24) is 0 Å². The first-order chi connectivity index (χ1) is 13.9. The minimum atomic E-state index is -0.211. The van der Waals surface area contributed by atoms with Crippen molar-refractivity contribution >= 4 is 40.9 Å². The van der Waals surface area contributed by atoms with Gasteiger partial charge in [-0.05, 0) is 54.3 Å². The molecule has 7 heteroatoms. The van der Waals surface area contributed by atoms with Crippen molar-refractivity contribution in [2.45, 2.75) is 32.4 Å². The third kappa shape index (κ3) is 6.15. The highest BCUT2D eigenvalue weighted by Gasteiger charge is 2.26. The van der Waals surface area contributed by atoms with E-state index in [0.29, 0.717) is 17.4 Å². The zero-order valence-corrected chi connectivity index (χ0v) is 18.7. The van der Waals surface area contributed by atoms with Crippen molar-refractivity contribution in [2.75, 3.05) is 24.8 Å². The molecule has 2 aromatic rings. The molecule has 156 valence electrons. The quantitative estimate of drug-likeness (QED) is 0.664. The van der Waals surface area contributed by atoms with Gasteiger partial charge in [-0.1, -0.05) is 30.7 Å². The molecule has 0 radical (unpaired) electrons. The van der Waals surface area contributed by atoms with E-state index in [4.69, 9.17) is 16.3 Å². The number of ether oxygens (including phenoxy) is 2. The third-order valence-corrected chi connectivity index (χ3v) is 5.83. The predicted octanol–water partition coefficient (Wildman–Crippen LogP) is 5.26. The number of halogens is 1. The van der Waals surface area contributed by atoms with Crippen LogP contribution in [0.4, 0.5) is 5.69 Å². The molecule has 1 amide bonds. The molecule has 5 nitrogen and oxygen atoms in total. The molecular formula is C22H26ClNO4S. The summed E-state index contributed by atoms with van der Waals surface area (Å²) in [7, 11) is 1.69. The third-order valence-electron chi connectivity index (χ3n) is 4.32. The number of thioether (sulfide) groups is 1. The van der Waals surface area contributed by atoms with Crippen molar-refractivity contribution in [3.05, 3.63) is 58.1 Å². The number of amides is 1. The molecule has 3 rings (SSSR count). The molecule has 1 atom stereocenters. The van der Waals surface area contributed by atoms with Crippen LogP contribution in [-0.2, 0) is 20.7 Å². The number of rotatable bonds is 4. The number of methoxy groups -OCH3 is 1. The first-order valence-corrected chi connectivity index (χ1v) is 10.8. The lowest BCUT2D eigenvalue weighted by atomic mass is 9.96. The van der Waals surface area contributed by atoms with Gasteiger partial charge in [0.1, 0.15) is 5.75 Å². The van der Waals surface area contributed by atoms with Crippen LogP contribution in [0.1, 0.15) is 42.7 Å². The molecule has 1 aliphatic rings. The minimum absolute atomic E-state index is 0.0158. The van der Waals surface area contributed by atoms with Gasteiger partial charge in [0.2, 0.25) is 5.91 Å². The Morgan fingerprint density at radius 3 is 2.59 bits per heavy atom. The van der Waals surface area contributed by atoms with Gasteiger partial charge in [0, 0.05) is 17.6 Å². The van der Waals surface area contributed by atoms with Gasteiger partial charge in [0.25, 0.3) is 0 Å². The number of nitrogens with one attached hydrogen (secondary N) is 1. The molecule has 0 spiro atoms. The second-order valence-electron chi connectivity index (χ2n) is 6.28. The highest BCUT2D eigenvalue weighted by atomic mass is 35.5. The van der Waals surface area contributed by atoms with Crippen molar-refractivity contribution in [1.29, 1.82) is 0 Å². The number of carbonyl (C=O) groups is 2. The predicted molar refractivity (Wildman–Crippen MR) is 119 cm³/mol. The largest absolute Gasteiger partial charge is 0.496 e. The Morgan fingerprint density at radius 2 is 2.00 bits per heavy atom. The molecular weight excluding hydrogens is 410 g/mol. The molecule has 0 aliphatic carbocycles.